The van der Waals surface area contributed by atoms with Crippen molar-refractivity contribution >= 4 is 5.69 Å². The molecule has 1 unspecified atom stereocenters. The van der Waals surface area contributed by atoms with Crippen molar-refractivity contribution in [2.24, 2.45) is 0 Å². The Morgan fingerprint density at radius 1 is 1.41 bits per heavy atom. The molecule has 0 saturated carbocycles. The Balaban J connectivity index is 1.79. The molecule has 1 N–H and O–H groups in total. The summed E-state index contributed by atoms with van der Waals surface area (Å²) in [6.07, 6.45) is 3.70. The second-order valence-corrected chi connectivity index (χ2v) is 4.82. The SMILES string of the molecule is CN(C)c1cccc(OCCC2CCCN2)c1. The van der Waals surface area contributed by atoms with Gasteiger partial charge in [0.1, 0.15) is 5.75 Å². The molecule has 1 aromatic rings. The van der Waals surface area contributed by atoms with E-state index in [-0.39, 0.29) is 0 Å². The van der Waals surface area contributed by atoms with Crippen LogP contribution in [0.5, 0.6) is 5.75 Å². The molecule has 0 amide bonds. The molecule has 17 heavy (non-hydrogen) atoms. The molecule has 1 saturated heterocycles. The van der Waals surface area contributed by atoms with Crippen molar-refractivity contribution in [2.45, 2.75) is 25.3 Å². The quantitative estimate of drug-likeness (QED) is 0.846. The Labute approximate surface area is 104 Å². The van der Waals surface area contributed by atoms with Crippen LogP contribution in [0, 0.1) is 0 Å². The van der Waals surface area contributed by atoms with E-state index in [9.17, 15) is 0 Å². The largest absolute Gasteiger partial charge is 0.493 e. The molecule has 1 aromatic carbocycles. The molecule has 0 aromatic heterocycles. The van der Waals surface area contributed by atoms with Crippen molar-refractivity contribution in [3.8, 4) is 5.75 Å². The smallest absolute Gasteiger partial charge is 0.121 e. The number of hydrogen-bond donors (Lipinski definition) is 1. The molecule has 3 nitrogen and oxygen atoms in total. The highest BCUT2D eigenvalue weighted by atomic mass is 16.5. The highest BCUT2D eigenvalue weighted by molar-refractivity contribution is 5.49. The van der Waals surface area contributed by atoms with Crippen molar-refractivity contribution in [1.29, 1.82) is 0 Å². The number of anilines is 1. The van der Waals surface area contributed by atoms with Gasteiger partial charge in [-0.3, -0.25) is 0 Å². The molecule has 0 bridgehead atoms. The molecule has 1 atom stereocenters. The van der Waals surface area contributed by atoms with Gasteiger partial charge in [-0.1, -0.05) is 6.07 Å². The summed E-state index contributed by atoms with van der Waals surface area (Å²) in [6.45, 7) is 1.97. The second kappa shape index (κ2) is 5.92. The van der Waals surface area contributed by atoms with Crippen LogP contribution in [0.1, 0.15) is 19.3 Å². The lowest BCUT2D eigenvalue weighted by Crippen LogP contribution is -2.23. The summed E-state index contributed by atoms with van der Waals surface area (Å²) < 4.78 is 5.79. The third-order valence-electron chi connectivity index (χ3n) is 3.23. The van der Waals surface area contributed by atoms with Crippen LogP contribution in [0.2, 0.25) is 0 Å². The van der Waals surface area contributed by atoms with Crippen molar-refractivity contribution < 1.29 is 4.74 Å². The Hall–Kier alpha value is -1.22. The lowest BCUT2D eigenvalue weighted by molar-refractivity contribution is 0.292. The Kier molecular flexibility index (Phi) is 4.26. The second-order valence-electron chi connectivity index (χ2n) is 4.82. The molecular weight excluding hydrogens is 212 g/mol. The van der Waals surface area contributed by atoms with Gasteiger partial charge in [0.05, 0.1) is 6.61 Å². The van der Waals surface area contributed by atoms with Crippen molar-refractivity contribution in [3.63, 3.8) is 0 Å². The van der Waals surface area contributed by atoms with E-state index in [1.54, 1.807) is 0 Å². The zero-order chi connectivity index (χ0) is 12.1. The minimum atomic E-state index is 0.659. The highest BCUT2D eigenvalue weighted by Crippen LogP contribution is 2.19. The van der Waals surface area contributed by atoms with Gasteiger partial charge in [-0.15, -0.1) is 0 Å². The molecule has 0 spiro atoms. The van der Waals surface area contributed by atoms with Crippen LogP contribution in [0.15, 0.2) is 24.3 Å². The van der Waals surface area contributed by atoms with Gasteiger partial charge in [0.15, 0.2) is 0 Å². The first-order valence-corrected chi connectivity index (χ1v) is 6.39. The maximum Gasteiger partial charge on any atom is 0.121 e. The Bertz CT molecular complexity index is 346. The molecule has 1 aliphatic heterocycles. The van der Waals surface area contributed by atoms with Crippen molar-refractivity contribution in [1.82, 2.24) is 5.32 Å². The normalized spacial score (nSPS) is 19.3. The van der Waals surface area contributed by atoms with Crippen LogP contribution >= 0.6 is 0 Å². The zero-order valence-corrected chi connectivity index (χ0v) is 10.8. The summed E-state index contributed by atoms with van der Waals surface area (Å²) in [4.78, 5) is 2.09. The fourth-order valence-electron chi connectivity index (χ4n) is 2.17. The number of nitrogens with one attached hydrogen (secondary N) is 1. The third kappa shape index (κ3) is 3.63. The van der Waals surface area contributed by atoms with Gasteiger partial charge in [0.25, 0.3) is 0 Å². The van der Waals surface area contributed by atoms with E-state index in [0.717, 1.165) is 18.8 Å². The van der Waals surface area contributed by atoms with Gasteiger partial charge in [-0.2, -0.15) is 0 Å². The summed E-state index contributed by atoms with van der Waals surface area (Å²) in [5.74, 6) is 0.967. The monoisotopic (exact) mass is 234 g/mol. The number of nitrogens with zero attached hydrogens (tertiary/aromatic N) is 1. The summed E-state index contributed by atoms with van der Waals surface area (Å²) in [7, 11) is 4.09. The molecule has 1 heterocycles. The molecule has 3 heteroatoms. The number of ether oxygens (including phenoxy) is 1. The molecule has 0 radical (unpaired) electrons. The van der Waals surface area contributed by atoms with Crippen LogP contribution in [0.4, 0.5) is 5.69 Å². The van der Waals surface area contributed by atoms with E-state index in [1.165, 1.54) is 25.1 Å². The predicted octanol–water partition coefficient (Wildman–Crippen LogP) is 2.27. The fraction of sp³-hybridized carbons (Fsp3) is 0.571. The van der Waals surface area contributed by atoms with Gasteiger partial charge in [-0.05, 0) is 37.9 Å². The molecular formula is C14H22N2O. The van der Waals surface area contributed by atoms with Gasteiger partial charge in [0, 0.05) is 31.9 Å². The number of hydrogen-bond acceptors (Lipinski definition) is 3. The fourth-order valence-corrected chi connectivity index (χ4v) is 2.17. The van der Waals surface area contributed by atoms with E-state index in [4.69, 9.17) is 4.74 Å². The van der Waals surface area contributed by atoms with Crippen molar-refractivity contribution in [2.75, 3.05) is 32.1 Å². The van der Waals surface area contributed by atoms with Crippen LogP contribution in [0.25, 0.3) is 0 Å². The summed E-state index contributed by atoms with van der Waals surface area (Å²) >= 11 is 0. The first-order chi connectivity index (χ1) is 8.25. The predicted molar refractivity (Wildman–Crippen MR) is 71.9 cm³/mol. The Morgan fingerprint density at radius 2 is 2.29 bits per heavy atom. The van der Waals surface area contributed by atoms with Gasteiger partial charge < -0.3 is 15.0 Å². The highest BCUT2D eigenvalue weighted by Gasteiger charge is 2.13. The summed E-state index contributed by atoms with van der Waals surface area (Å²) in [5, 5.41) is 3.48. The minimum absolute atomic E-state index is 0.659. The molecule has 94 valence electrons. The maximum atomic E-state index is 5.79. The standard InChI is InChI=1S/C14H22N2O/c1-16(2)13-6-3-7-14(11-13)17-10-8-12-5-4-9-15-12/h3,6-7,11-12,15H,4-5,8-10H2,1-2H3. The van der Waals surface area contributed by atoms with E-state index < -0.39 is 0 Å². The number of rotatable bonds is 5. The van der Waals surface area contributed by atoms with E-state index in [1.807, 2.05) is 26.2 Å². The van der Waals surface area contributed by atoms with Gasteiger partial charge in [-0.25, -0.2) is 0 Å². The molecule has 2 rings (SSSR count). The topological polar surface area (TPSA) is 24.5 Å². The minimum Gasteiger partial charge on any atom is -0.493 e. The van der Waals surface area contributed by atoms with Gasteiger partial charge in [0.2, 0.25) is 0 Å². The third-order valence-corrected chi connectivity index (χ3v) is 3.23. The van der Waals surface area contributed by atoms with Crippen LogP contribution in [-0.2, 0) is 0 Å². The zero-order valence-electron chi connectivity index (χ0n) is 10.8. The lowest BCUT2D eigenvalue weighted by Gasteiger charge is -2.15. The maximum absolute atomic E-state index is 5.79. The molecule has 1 aliphatic rings. The first kappa shape index (κ1) is 12.2. The first-order valence-electron chi connectivity index (χ1n) is 6.39. The lowest BCUT2D eigenvalue weighted by atomic mass is 10.2. The number of benzene rings is 1. The molecule has 1 fully saturated rings. The molecule has 0 aliphatic carbocycles. The van der Waals surface area contributed by atoms with Crippen molar-refractivity contribution in [3.05, 3.63) is 24.3 Å². The summed E-state index contributed by atoms with van der Waals surface area (Å²) in [6, 6.07) is 8.90. The Morgan fingerprint density at radius 3 is 3.00 bits per heavy atom. The van der Waals surface area contributed by atoms with Crippen LogP contribution in [0.3, 0.4) is 0 Å². The van der Waals surface area contributed by atoms with E-state index in [2.05, 4.69) is 22.3 Å². The van der Waals surface area contributed by atoms with E-state index >= 15 is 0 Å². The average Bonchev–Trinajstić information content (AvgIpc) is 2.82. The summed E-state index contributed by atoms with van der Waals surface area (Å²) in [5.41, 5.74) is 1.18. The van der Waals surface area contributed by atoms with E-state index in [0.29, 0.717) is 6.04 Å². The average molecular weight is 234 g/mol. The van der Waals surface area contributed by atoms with Crippen LogP contribution in [-0.4, -0.2) is 33.3 Å². The van der Waals surface area contributed by atoms with Gasteiger partial charge >= 0.3 is 0 Å². The van der Waals surface area contributed by atoms with Crippen LogP contribution < -0.4 is 15.0 Å².